The largest absolute Gasteiger partial charge is 0.478 e. The lowest BCUT2D eigenvalue weighted by Crippen LogP contribution is -2.42. The van der Waals surface area contributed by atoms with Crippen LogP contribution in [0.3, 0.4) is 0 Å². The maximum absolute atomic E-state index is 13.2. The van der Waals surface area contributed by atoms with Gasteiger partial charge in [0.05, 0.1) is 36.5 Å². The van der Waals surface area contributed by atoms with Gasteiger partial charge in [0.25, 0.3) is 5.91 Å². The van der Waals surface area contributed by atoms with Crippen LogP contribution >= 0.6 is 11.8 Å². The third kappa shape index (κ3) is 7.89. The van der Waals surface area contributed by atoms with Crippen molar-refractivity contribution in [2.24, 2.45) is 5.92 Å². The number of hydrogen-bond acceptors (Lipinski definition) is 9. The number of imide groups is 1. The highest BCUT2D eigenvalue weighted by Crippen LogP contribution is 2.43. The number of alkyl carbamates (subject to hydrolysis) is 1. The number of aliphatic hydroxyl groups is 1. The van der Waals surface area contributed by atoms with Crippen LogP contribution in [-0.2, 0) is 37.0 Å². The average molecular weight is 697 g/mol. The van der Waals surface area contributed by atoms with Crippen LogP contribution in [0.15, 0.2) is 108 Å². The van der Waals surface area contributed by atoms with Crippen molar-refractivity contribution >= 4 is 41.3 Å². The highest BCUT2D eigenvalue weighted by molar-refractivity contribution is 7.99. The molecule has 3 amide bonds. The summed E-state index contributed by atoms with van der Waals surface area (Å²) in [4.78, 5) is 52.0. The number of aromatic carboxylic acids is 1. The fourth-order valence-corrected chi connectivity index (χ4v) is 7.17. The predicted octanol–water partition coefficient (Wildman–Crippen LogP) is 6.02. The van der Waals surface area contributed by atoms with Crippen LogP contribution in [0.1, 0.15) is 58.4 Å². The lowest BCUT2D eigenvalue weighted by molar-refractivity contribution is -0.268. The van der Waals surface area contributed by atoms with Gasteiger partial charge in [-0.3, -0.25) is 9.59 Å². The molecule has 6 rings (SSSR count). The predicted molar refractivity (Wildman–Crippen MR) is 184 cm³/mol. The monoisotopic (exact) mass is 696 g/mol. The number of nitrogens with zero attached hydrogens (tertiary/aromatic N) is 1. The van der Waals surface area contributed by atoms with Crippen LogP contribution in [0.5, 0.6) is 0 Å². The van der Waals surface area contributed by atoms with Crippen LogP contribution in [0.2, 0.25) is 0 Å². The molecule has 4 aromatic rings. The minimum atomic E-state index is -1.06. The van der Waals surface area contributed by atoms with E-state index in [0.29, 0.717) is 21.9 Å². The Morgan fingerprint density at radius 1 is 0.880 bits per heavy atom. The number of nitrogens with one attached hydrogen (secondary N) is 1. The minimum Gasteiger partial charge on any atom is -0.478 e. The van der Waals surface area contributed by atoms with Crippen molar-refractivity contribution in [3.05, 3.63) is 131 Å². The molecule has 2 fully saturated rings. The lowest BCUT2D eigenvalue weighted by Gasteiger charge is -2.41. The van der Waals surface area contributed by atoms with Crippen molar-refractivity contribution in [3.63, 3.8) is 0 Å². The summed E-state index contributed by atoms with van der Waals surface area (Å²) in [6.45, 7) is 1.96. The molecule has 0 aliphatic carbocycles. The van der Waals surface area contributed by atoms with E-state index in [-0.39, 0.29) is 37.2 Å². The van der Waals surface area contributed by atoms with E-state index >= 15 is 0 Å². The number of carbonyl (C=O) groups excluding carboxylic acids is 3. The molecule has 2 heterocycles. The quantitative estimate of drug-likeness (QED) is 0.125. The summed E-state index contributed by atoms with van der Waals surface area (Å²) in [5.41, 5.74) is 3.66. The molecule has 0 aromatic heterocycles. The van der Waals surface area contributed by atoms with Gasteiger partial charge in [0.1, 0.15) is 12.6 Å². The number of rotatable bonds is 11. The first kappa shape index (κ1) is 34.8. The molecule has 2 aliphatic rings. The number of carboxylic acids is 1. The molecule has 2 saturated heterocycles. The van der Waals surface area contributed by atoms with Crippen molar-refractivity contribution in [1.82, 2.24) is 5.32 Å². The number of benzene rings is 4. The van der Waals surface area contributed by atoms with Gasteiger partial charge in [0, 0.05) is 22.1 Å². The Balaban J connectivity index is 1.16. The maximum atomic E-state index is 13.2. The van der Waals surface area contributed by atoms with E-state index in [1.54, 1.807) is 48.5 Å². The number of hydrogen-bond donors (Lipinski definition) is 3. The summed E-state index contributed by atoms with van der Waals surface area (Å²) in [6.07, 6.45) is -2.55. The highest BCUT2D eigenvalue weighted by atomic mass is 32.2. The van der Waals surface area contributed by atoms with E-state index in [1.807, 2.05) is 61.5 Å². The van der Waals surface area contributed by atoms with Crippen LogP contribution in [0.4, 0.5) is 10.5 Å². The highest BCUT2D eigenvalue weighted by Gasteiger charge is 2.42. The second-order valence-corrected chi connectivity index (χ2v) is 13.1. The Kier molecular flexibility index (Phi) is 10.9. The fourth-order valence-electron chi connectivity index (χ4n) is 5.95. The molecule has 50 heavy (non-hydrogen) atoms. The van der Waals surface area contributed by atoms with E-state index in [1.165, 1.54) is 11.8 Å². The average Bonchev–Trinajstić information content (AvgIpc) is 3.42. The van der Waals surface area contributed by atoms with Crippen LogP contribution in [0, 0.1) is 5.92 Å². The van der Waals surface area contributed by atoms with E-state index in [0.717, 1.165) is 21.6 Å². The van der Waals surface area contributed by atoms with Crippen molar-refractivity contribution < 1.29 is 43.6 Å². The Hall–Kier alpha value is -5.01. The number of anilines is 1. The Morgan fingerprint density at radius 3 is 2.26 bits per heavy atom. The minimum absolute atomic E-state index is 0.0286. The lowest BCUT2D eigenvalue weighted by atomic mass is 9.91. The van der Waals surface area contributed by atoms with Gasteiger partial charge in [0.2, 0.25) is 5.91 Å². The fraction of sp³-hybridized carbons (Fsp3) is 0.263. The molecule has 258 valence electrons. The number of aliphatic hydroxyl groups excluding tert-OH is 1. The third-order valence-electron chi connectivity index (χ3n) is 8.72. The van der Waals surface area contributed by atoms with E-state index < -0.39 is 42.3 Å². The summed E-state index contributed by atoms with van der Waals surface area (Å²) in [7, 11) is 0. The molecule has 0 bridgehead atoms. The number of carbonyl (C=O) groups is 4. The van der Waals surface area contributed by atoms with Gasteiger partial charge in [-0.05, 0) is 41.0 Å². The molecule has 0 saturated carbocycles. The van der Waals surface area contributed by atoms with Gasteiger partial charge in [-0.25, -0.2) is 14.5 Å². The third-order valence-corrected chi connectivity index (χ3v) is 9.88. The maximum Gasteiger partial charge on any atom is 0.408 e. The molecule has 5 unspecified atom stereocenters. The summed E-state index contributed by atoms with van der Waals surface area (Å²) < 4.78 is 18.2. The zero-order valence-corrected chi connectivity index (χ0v) is 28.0. The molecule has 0 radical (unpaired) electrons. The summed E-state index contributed by atoms with van der Waals surface area (Å²) in [5, 5.41) is 21.7. The van der Waals surface area contributed by atoms with E-state index in [4.69, 9.17) is 14.2 Å². The number of ether oxygens (including phenoxy) is 3. The van der Waals surface area contributed by atoms with Crippen molar-refractivity contribution in [1.29, 1.82) is 0 Å². The van der Waals surface area contributed by atoms with Crippen molar-refractivity contribution in [2.45, 2.75) is 56.0 Å². The zero-order chi connectivity index (χ0) is 35.2. The van der Waals surface area contributed by atoms with E-state index in [9.17, 15) is 29.4 Å². The molecular weight excluding hydrogens is 660 g/mol. The molecule has 0 spiro atoms. The van der Waals surface area contributed by atoms with Gasteiger partial charge in [-0.15, -0.1) is 11.8 Å². The first-order valence-corrected chi connectivity index (χ1v) is 17.1. The summed E-state index contributed by atoms with van der Waals surface area (Å²) in [6, 6.07) is 29.1. The number of thioether (sulfide) groups is 1. The second-order valence-electron chi connectivity index (χ2n) is 12.1. The Morgan fingerprint density at radius 2 is 1.56 bits per heavy atom. The molecule has 3 N–H and O–H groups in total. The summed E-state index contributed by atoms with van der Waals surface area (Å²) in [5.74, 6) is -1.70. The number of amides is 3. The molecule has 11 nitrogen and oxygen atoms in total. The normalized spacial score (nSPS) is 22.0. The van der Waals surface area contributed by atoms with Crippen molar-refractivity contribution in [3.8, 4) is 0 Å². The molecule has 2 aliphatic heterocycles. The van der Waals surface area contributed by atoms with Crippen molar-refractivity contribution in [2.75, 3.05) is 10.7 Å². The SMILES string of the molecule is CC1C(CSc2ccccc2C(=O)O)OC(c2ccc(N3C(=O)CC(NC(=O)OCc4ccccc4)C3=O)cc2)OC1c1ccc(CO)cc1. The van der Waals surface area contributed by atoms with Gasteiger partial charge >= 0.3 is 12.1 Å². The summed E-state index contributed by atoms with van der Waals surface area (Å²) >= 11 is 1.40. The first-order valence-electron chi connectivity index (χ1n) is 16.1. The molecular formula is C38H36N2O9S. The van der Waals surface area contributed by atoms with Crippen LogP contribution in [0.25, 0.3) is 0 Å². The van der Waals surface area contributed by atoms with Gasteiger partial charge in [0.15, 0.2) is 6.29 Å². The first-order chi connectivity index (χ1) is 24.2. The van der Waals surface area contributed by atoms with Gasteiger partial charge in [-0.1, -0.05) is 85.8 Å². The van der Waals surface area contributed by atoms with Gasteiger partial charge in [-0.2, -0.15) is 0 Å². The Labute approximate surface area is 293 Å². The number of carboxylic acid groups (broad SMARTS) is 1. The molecule has 5 atom stereocenters. The topological polar surface area (TPSA) is 152 Å². The van der Waals surface area contributed by atoms with E-state index in [2.05, 4.69) is 5.32 Å². The van der Waals surface area contributed by atoms with Crippen LogP contribution < -0.4 is 10.2 Å². The molecule has 4 aromatic carbocycles. The van der Waals surface area contributed by atoms with Crippen LogP contribution in [-0.4, -0.2) is 52.0 Å². The second kappa shape index (κ2) is 15.7. The zero-order valence-electron chi connectivity index (χ0n) is 27.1. The molecule has 12 heteroatoms. The smallest absolute Gasteiger partial charge is 0.408 e. The Bertz CT molecular complexity index is 1840. The standard InChI is InChI=1S/C38H36N2O9S/c1-23-31(22-50-32-10-6-5-9-29(32)36(44)45)48-37(49-34(23)26-13-11-24(20-41)12-14-26)27-15-17-28(18-16-27)40-33(42)19-30(35(40)43)39-38(46)47-21-25-7-3-2-4-8-25/h2-18,23,30-31,34,37,41H,19-22H2,1H3,(H,39,46)(H,44,45). The van der Waals surface area contributed by atoms with Gasteiger partial charge < -0.3 is 29.7 Å².